The molecule has 0 saturated heterocycles. The third kappa shape index (κ3) is 3.16. The molecule has 1 aliphatic rings. The van der Waals surface area contributed by atoms with Crippen molar-refractivity contribution in [2.24, 2.45) is 10.9 Å². The van der Waals surface area contributed by atoms with Crippen LogP contribution in [0.25, 0.3) is 39.8 Å². The van der Waals surface area contributed by atoms with E-state index in [1.54, 1.807) is 7.11 Å². The second-order valence-corrected chi connectivity index (χ2v) is 9.64. The molecule has 2 aromatic carbocycles. The van der Waals surface area contributed by atoms with Crippen molar-refractivity contribution in [1.82, 2.24) is 4.40 Å². The van der Waals surface area contributed by atoms with Crippen LogP contribution in [-0.2, 0) is 4.74 Å². The van der Waals surface area contributed by atoms with E-state index in [9.17, 15) is 5.11 Å². The van der Waals surface area contributed by atoms with Crippen LogP contribution in [0.1, 0.15) is 37.3 Å². The predicted octanol–water partition coefficient (Wildman–Crippen LogP) is 3.79. The quantitative estimate of drug-likeness (QED) is 0.464. The number of benzene rings is 2. The third-order valence-electron chi connectivity index (χ3n) is 6.98. The molecule has 3 heterocycles. The first-order chi connectivity index (χ1) is 15.9. The van der Waals surface area contributed by atoms with Gasteiger partial charge in [0.05, 0.1) is 34.4 Å². The number of nitrogens with zero attached hydrogens (tertiary/aromatic N) is 2. The molecule has 33 heavy (non-hydrogen) atoms. The highest BCUT2D eigenvalue weighted by Gasteiger charge is 2.33. The average molecular weight is 441 g/mol. The molecular formula is C29H32N2O2. The van der Waals surface area contributed by atoms with Gasteiger partial charge in [-0.05, 0) is 48.1 Å². The maximum Gasteiger partial charge on any atom is 0.0805 e. The van der Waals surface area contributed by atoms with Crippen molar-refractivity contribution in [1.29, 1.82) is 0 Å². The van der Waals surface area contributed by atoms with Crippen molar-refractivity contribution in [3.05, 3.63) is 69.5 Å². The van der Waals surface area contributed by atoms with E-state index in [2.05, 4.69) is 74.7 Å². The Bertz CT molecular complexity index is 1580. The van der Waals surface area contributed by atoms with Crippen LogP contribution in [-0.4, -0.2) is 35.9 Å². The highest BCUT2D eigenvalue weighted by Crippen LogP contribution is 2.41. The highest BCUT2D eigenvalue weighted by atomic mass is 16.5. The Kier molecular flexibility index (Phi) is 5.38. The van der Waals surface area contributed by atoms with Crippen LogP contribution < -0.4 is 15.9 Å². The largest absolute Gasteiger partial charge is 0.396 e. The first kappa shape index (κ1) is 21.9. The van der Waals surface area contributed by atoms with E-state index in [0.29, 0.717) is 18.9 Å². The minimum Gasteiger partial charge on any atom is -0.396 e. The number of pyridine rings is 1. The van der Waals surface area contributed by atoms with Gasteiger partial charge in [0, 0.05) is 41.0 Å². The number of ether oxygens (including phenoxy) is 1. The van der Waals surface area contributed by atoms with Crippen LogP contribution in [0.3, 0.4) is 0 Å². The van der Waals surface area contributed by atoms with Gasteiger partial charge >= 0.3 is 0 Å². The zero-order chi connectivity index (χ0) is 23.4. The number of aryl methyl sites for hydroxylation is 1. The summed E-state index contributed by atoms with van der Waals surface area (Å²) in [6, 6.07) is 10.8. The van der Waals surface area contributed by atoms with E-state index in [4.69, 9.17) is 9.73 Å². The van der Waals surface area contributed by atoms with Gasteiger partial charge in [-0.3, -0.25) is 4.99 Å². The number of methoxy groups -OCH3 is 1. The second kappa shape index (κ2) is 8.12. The van der Waals surface area contributed by atoms with E-state index >= 15 is 0 Å². The fourth-order valence-corrected chi connectivity index (χ4v) is 5.76. The molecule has 0 fully saturated rings. The lowest BCUT2D eigenvalue weighted by molar-refractivity contribution is 0.215. The van der Waals surface area contributed by atoms with Gasteiger partial charge in [-0.2, -0.15) is 0 Å². The summed E-state index contributed by atoms with van der Waals surface area (Å²) in [7, 11) is 1.69. The smallest absolute Gasteiger partial charge is 0.0805 e. The number of aliphatic hydroxyl groups is 1. The third-order valence-corrected chi connectivity index (χ3v) is 6.98. The van der Waals surface area contributed by atoms with Gasteiger partial charge < -0.3 is 14.2 Å². The zero-order valence-corrected chi connectivity index (χ0v) is 20.0. The normalized spacial score (nSPS) is 18.7. The molecule has 170 valence electrons. The molecule has 0 aliphatic carbocycles. The Balaban J connectivity index is 2.08. The summed E-state index contributed by atoms with van der Waals surface area (Å²) >= 11 is 0. The van der Waals surface area contributed by atoms with Crippen molar-refractivity contribution in [3.8, 4) is 0 Å². The number of fused-ring (bicyclic) bond motifs is 3. The van der Waals surface area contributed by atoms with E-state index in [-0.39, 0.29) is 18.6 Å². The molecule has 0 saturated carbocycles. The minimum atomic E-state index is -0.149. The molecule has 2 unspecified atom stereocenters. The van der Waals surface area contributed by atoms with Gasteiger partial charge in [-0.25, -0.2) is 0 Å². The molecule has 0 spiro atoms. The molecule has 2 aromatic heterocycles. The second-order valence-electron chi connectivity index (χ2n) is 9.64. The number of aromatic nitrogens is 1. The molecule has 0 bridgehead atoms. The van der Waals surface area contributed by atoms with Crippen molar-refractivity contribution >= 4 is 39.8 Å². The Labute approximate surface area is 194 Å². The maximum atomic E-state index is 9.98. The molecule has 4 nitrogen and oxygen atoms in total. The van der Waals surface area contributed by atoms with Crippen LogP contribution >= 0.6 is 0 Å². The first-order valence-corrected chi connectivity index (χ1v) is 11.7. The molecule has 1 aliphatic heterocycles. The molecular weight excluding hydrogens is 408 g/mol. The van der Waals surface area contributed by atoms with Crippen molar-refractivity contribution in [2.75, 3.05) is 20.3 Å². The number of aliphatic hydroxyl groups excluding tert-OH is 1. The molecule has 5 rings (SSSR count). The number of hydrogen-bond donors (Lipinski definition) is 1. The molecule has 0 radical (unpaired) electrons. The van der Waals surface area contributed by atoms with Gasteiger partial charge in [0.1, 0.15) is 0 Å². The Morgan fingerprint density at radius 2 is 2.03 bits per heavy atom. The summed E-state index contributed by atoms with van der Waals surface area (Å²) < 4.78 is 7.80. The van der Waals surface area contributed by atoms with Crippen molar-refractivity contribution < 1.29 is 9.84 Å². The number of para-hydroxylation sites is 1. The van der Waals surface area contributed by atoms with Crippen LogP contribution in [0.5, 0.6) is 0 Å². The average Bonchev–Trinajstić information content (AvgIpc) is 3.11. The SMILES string of the molecule is C=C(COC)C1N=c2c(=C)/c(=C\C(C)C)n3c4ccccc4c4cc(C)c(c2c43)C1CCO. The Morgan fingerprint density at radius 3 is 2.73 bits per heavy atom. The van der Waals surface area contributed by atoms with Crippen LogP contribution in [0.4, 0.5) is 0 Å². The number of hydrogen-bond acceptors (Lipinski definition) is 3. The highest BCUT2D eigenvalue weighted by molar-refractivity contribution is 6.15. The Morgan fingerprint density at radius 1 is 1.27 bits per heavy atom. The summed E-state index contributed by atoms with van der Waals surface area (Å²) in [6.45, 7) is 16.0. The van der Waals surface area contributed by atoms with E-state index in [0.717, 1.165) is 21.5 Å². The zero-order valence-electron chi connectivity index (χ0n) is 20.0. The van der Waals surface area contributed by atoms with Crippen molar-refractivity contribution in [2.45, 2.75) is 39.2 Å². The standard InChI is InChI=1S/C29H32N2O2/c1-16(2)13-24-19(5)28-26-25(21(11-12-32)27(30-28)18(4)15-33-6)17(3)14-22-20-9-7-8-10-23(20)31(24)29(22)26/h7-10,13-14,16,21,27,32H,4-5,11-12,15H2,1-3,6H3/b24-13+. The maximum absolute atomic E-state index is 9.98. The van der Waals surface area contributed by atoms with Gasteiger partial charge in [0.2, 0.25) is 0 Å². The van der Waals surface area contributed by atoms with Crippen LogP contribution in [0.2, 0.25) is 0 Å². The fraction of sp³-hybridized carbons (Fsp3) is 0.345. The lowest BCUT2D eigenvalue weighted by Crippen LogP contribution is -2.46. The van der Waals surface area contributed by atoms with Crippen LogP contribution in [0.15, 0.2) is 47.5 Å². The summed E-state index contributed by atoms with van der Waals surface area (Å²) in [6.07, 6.45) is 2.92. The lowest BCUT2D eigenvalue weighted by Gasteiger charge is -2.32. The topological polar surface area (TPSA) is 46.2 Å². The predicted molar refractivity (Wildman–Crippen MR) is 137 cm³/mol. The summed E-state index contributed by atoms with van der Waals surface area (Å²) in [4.78, 5) is 5.28. The van der Waals surface area contributed by atoms with Crippen molar-refractivity contribution in [3.63, 3.8) is 0 Å². The van der Waals surface area contributed by atoms with Gasteiger partial charge in [-0.1, -0.05) is 51.3 Å². The summed E-state index contributed by atoms with van der Waals surface area (Å²) in [5.41, 5.74) is 5.82. The molecule has 0 amide bonds. The molecule has 1 N–H and O–H groups in total. The summed E-state index contributed by atoms with van der Waals surface area (Å²) in [5.74, 6) is 0.417. The molecule has 4 aromatic rings. The first-order valence-electron chi connectivity index (χ1n) is 11.7. The van der Waals surface area contributed by atoms with Gasteiger partial charge in [0.25, 0.3) is 0 Å². The minimum absolute atomic E-state index is 0.0516. The van der Waals surface area contributed by atoms with E-state index in [1.165, 1.54) is 38.3 Å². The molecule has 2 atom stereocenters. The van der Waals surface area contributed by atoms with Gasteiger partial charge in [0.15, 0.2) is 0 Å². The van der Waals surface area contributed by atoms with E-state index < -0.39 is 0 Å². The summed E-state index contributed by atoms with van der Waals surface area (Å²) in [5, 5.41) is 16.6. The lowest BCUT2D eigenvalue weighted by atomic mass is 9.79. The monoisotopic (exact) mass is 440 g/mol. The van der Waals surface area contributed by atoms with E-state index in [1.807, 2.05) is 0 Å². The van der Waals surface area contributed by atoms with Gasteiger partial charge in [-0.15, -0.1) is 0 Å². The fourth-order valence-electron chi connectivity index (χ4n) is 5.76. The Hall–Kier alpha value is -2.95. The molecule has 4 heteroatoms. The number of rotatable bonds is 6. The van der Waals surface area contributed by atoms with Crippen LogP contribution in [0, 0.1) is 12.8 Å².